The number of benzene rings is 2. The number of piperidine rings is 1. The number of hydrogen-bond acceptors (Lipinski definition) is 3. The molecule has 4 heteroatoms. The summed E-state index contributed by atoms with van der Waals surface area (Å²) < 4.78 is 0. The first kappa shape index (κ1) is 16.4. The molecule has 1 aliphatic heterocycles. The summed E-state index contributed by atoms with van der Waals surface area (Å²) >= 11 is 0. The standard InChI is InChI=1S/C20H25N3O/c1-14-6-5-8-16(12-14)20(24)22-17-9-10-19(18(21)13-17)23-11-4-3-7-15(23)2/h5-6,8-10,12-13,15H,3-4,7,11,21H2,1-2H3,(H,22,24)/t15-/m0/s1. The van der Waals surface area contributed by atoms with Gasteiger partial charge in [0.05, 0.1) is 11.4 Å². The van der Waals surface area contributed by atoms with Crippen LogP contribution in [0.3, 0.4) is 0 Å². The van der Waals surface area contributed by atoms with Gasteiger partial charge < -0.3 is 16.0 Å². The Morgan fingerprint density at radius 2 is 2.04 bits per heavy atom. The Kier molecular flexibility index (Phi) is 4.74. The van der Waals surface area contributed by atoms with E-state index in [1.165, 1.54) is 19.3 Å². The molecule has 0 aliphatic carbocycles. The van der Waals surface area contributed by atoms with Crippen molar-refractivity contribution in [2.45, 2.75) is 39.2 Å². The van der Waals surface area contributed by atoms with Crippen molar-refractivity contribution in [1.29, 1.82) is 0 Å². The Bertz CT molecular complexity index is 741. The van der Waals surface area contributed by atoms with Gasteiger partial charge in [0.15, 0.2) is 0 Å². The van der Waals surface area contributed by atoms with Crippen LogP contribution in [-0.2, 0) is 0 Å². The van der Waals surface area contributed by atoms with Crippen molar-refractivity contribution in [3.63, 3.8) is 0 Å². The zero-order chi connectivity index (χ0) is 17.1. The van der Waals surface area contributed by atoms with Crippen molar-refractivity contribution in [3.8, 4) is 0 Å². The monoisotopic (exact) mass is 323 g/mol. The van der Waals surface area contributed by atoms with E-state index >= 15 is 0 Å². The maximum Gasteiger partial charge on any atom is 0.255 e. The lowest BCUT2D eigenvalue weighted by Crippen LogP contribution is -2.37. The third-order valence-corrected chi connectivity index (χ3v) is 4.68. The van der Waals surface area contributed by atoms with E-state index in [-0.39, 0.29) is 5.91 Å². The van der Waals surface area contributed by atoms with Gasteiger partial charge in [0.2, 0.25) is 0 Å². The summed E-state index contributed by atoms with van der Waals surface area (Å²) in [5.74, 6) is -0.114. The largest absolute Gasteiger partial charge is 0.397 e. The second-order valence-electron chi connectivity index (χ2n) is 6.64. The summed E-state index contributed by atoms with van der Waals surface area (Å²) in [5, 5.41) is 2.93. The summed E-state index contributed by atoms with van der Waals surface area (Å²) in [6.07, 6.45) is 3.68. The molecule has 1 heterocycles. The summed E-state index contributed by atoms with van der Waals surface area (Å²) in [4.78, 5) is 14.7. The number of rotatable bonds is 3. The number of hydrogen-bond donors (Lipinski definition) is 2. The van der Waals surface area contributed by atoms with Gasteiger partial charge in [-0.05, 0) is 63.4 Å². The number of nitrogens with zero attached hydrogens (tertiary/aromatic N) is 1. The van der Waals surface area contributed by atoms with Crippen molar-refractivity contribution in [1.82, 2.24) is 0 Å². The minimum Gasteiger partial charge on any atom is -0.397 e. The predicted molar refractivity (Wildman–Crippen MR) is 101 cm³/mol. The van der Waals surface area contributed by atoms with Crippen molar-refractivity contribution in [3.05, 3.63) is 53.6 Å². The zero-order valence-corrected chi connectivity index (χ0v) is 14.4. The number of nitrogens with two attached hydrogens (primary N) is 1. The van der Waals surface area contributed by atoms with E-state index in [0.29, 0.717) is 17.3 Å². The second-order valence-corrected chi connectivity index (χ2v) is 6.64. The first-order valence-electron chi connectivity index (χ1n) is 8.59. The summed E-state index contributed by atoms with van der Waals surface area (Å²) in [5.41, 5.74) is 10.5. The van der Waals surface area contributed by atoms with Crippen LogP contribution < -0.4 is 16.0 Å². The predicted octanol–water partition coefficient (Wildman–Crippen LogP) is 4.21. The maximum absolute atomic E-state index is 12.4. The molecule has 0 spiro atoms. The smallest absolute Gasteiger partial charge is 0.255 e. The van der Waals surface area contributed by atoms with Crippen molar-refractivity contribution >= 4 is 23.0 Å². The number of carbonyl (C=O) groups is 1. The Hall–Kier alpha value is -2.49. The highest BCUT2D eigenvalue weighted by Crippen LogP contribution is 2.31. The van der Waals surface area contributed by atoms with Crippen LogP contribution in [0.2, 0.25) is 0 Å². The number of carbonyl (C=O) groups excluding carboxylic acids is 1. The third-order valence-electron chi connectivity index (χ3n) is 4.68. The normalized spacial score (nSPS) is 17.6. The fourth-order valence-corrected chi connectivity index (χ4v) is 3.34. The van der Waals surface area contributed by atoms with E-state index in [1.807, 2.05) is 49.4 Å². The molecule has 0 bridgehead atoms. The van der Waals surface area contributed by atoms with Crippen LogP contribution in [0.15, 0.2) is 42.5 Å². The quantitative estimate of drug-likeness (QED) is 0.832. The van der Waals surface area contributed by atoms with Crippen molar-refractivity contribution in [2.75, 3.05) is 22.5 Å². The van der Waals surface area contributed by atoms with Gasteiger partial charge in [-0.3, -0.25) is 4.79 Å². The number of amides is 1. The van der Waals surface area contributed by atoms with E-state index in [1.54, 1.807) is 0 Å². The zero-order valence-electron chi connectivity index (χ0n) is 14.4. The molecule has 0 radical (unpaired) electrons. The first-order chi connectivity index (χ1) is 11.5. The number of nitrogens with one attached hydrogen (secondary N) is 1. The fraction of sp³-hybridized carbons (Fsp3) is 0.350. The molecular weight excluding hydrogens is 298 g/mol. The number of anilines is 3. The third kappa shape index (κ3) is 3.53. The second kappa shape index (κ2) is 6.95. The van der Waals surface area contributed by atoms with Gasteiger partial charge in [0.25, 0.3) is 5.91 Å². The lowest BCUT2D eigenvalue weighted by atomic mass is 10.0. The minimum absolute atomic E-state index is 0.114. The highest BCUT2D eigenvalue weighted by Gasteiger charge is 2.20. The fourth-order valence-electron chi connectivity index (χ4n) is 3.34. The van der Waals surface area contributed by atoms with E-state index < -0.39 is 0 Å². The van der Waals surface area contributed by atoms with Crippen LogP contribution in [0.25, 0.3) is 0 Å². The summed E-state index contributed by atoms with van der Waals surface area (Å²) in [7, 11) is 0. The van der Waals surface area contributed by atoms with Crippen LogP contribution >= 0.6 is 0 Å². The van der Waals surface area contributed by atoms with Crippen molar-refractivity contribution in [2.24, 2.45) is 0 Å². The van der Waals surface area contributed by atoms with Gasteiger partial charge in [0.1, 0.15) is 0 Å². The molecule has 0 aromatic heterocycles. The molecule has 1 fully saturated rings. The van der Waals surface area contributed by atoms with Gasteiger partial charge >= 0.3 is 0 Å². The minimum atomic E-state index is -0.114. The van der Waals surface area contributed by atoms with Crippen LogP contribution in [-0.4, -0.2) is 18.5 Å². The molecule has 3 N–H and O–H groups in total. The summed E-state index contributed by atoms with van der Waals surface area (Å²) in [6.45, 7) is 5.26. The maximum atomic E-state index is 12.4. The Morgan fingerprint density at radius 1 is 1.21 bits per heavy atom. The molecule has 0 unspecified atom stereocenters. The number of nitrogen functional groups attached to an aromatic ring is 1. The molecule has 1 aliphatic rings. The highest BCUT2D eigenvalue weighted by molar-refractivity contribution is 6.04. The molecule has 1 atom stereocenters. The molecule has 1 saturated heterocycles. The van der Waals surface area contributed by atoms with Crippen LogP contribution in [0.4, 0.5) is 17.1 Å². The van der Waals surface area contributed by atoms with E-state index in [0.717, 1.165) is 23.5 Å². The molecule has 2 aromatic carbocycles. The topological polar surface area (TPSA) is 58.4 Å². The molecular formula is C20H25N3O. The van der Waals surface area contributed by atoms with Crippen molar-refractivity contribution < 1.29 is 4.79 Å². The Labute approximate surface area is 143 Å². The van der Waals surface area contributed by atoms with Gasteiger partial charge in [-0.15, -0.1) is 0 Å². The lowest BCUT2D eigenvalue weighted by molar-refractivity contribution is 0.102. The average Bonchev–Trinajstić information content (AvgIpc) is 2.56. The summed E-state index contributed by atoms with van der Waals surface area (Å²) in [6, 6.07) is 13.9. The van der Waals surface area contributed by atoms with E-state index in [9.17, 15) is 4.79 Å². The highest BCUT2D eigenvalue weighted by atomic mass is 16.1. The molecule has 3 rings (SSSR count). The molecule has 24 heavy (non-hydrogen) atoms. The van der Waals surface area contributed by atoms with E-state index in [4.69, 9.17) is 5.73 Å². The SMILES string of the molecule is Cc1cccc(C(=O)Nc2ccc(N3CCCC[C@@H]3C)c(N)c2)c1. The van der Waals surface area contributed by atoms with Crippen LogP contribution in [0, 0.1) is 6.92 Å². The van der Waals surface area contributed by atoms with Crippen LogP contribution in [0.1, 0.15) is 42.1 Å². The molecule has 4 nitrogen and oxygen atoms in total. The molecule has 1 amide bonds. The van der Waals surface area contributed by atoms with Crippen LogP contribution in [0.5, 0.6) is 0 Å². The number of aryl methyl sites for hydroxylation is 1. The van der Waals surface area contributed by atoms with Gasteiger partial charge in [0, 0.05) is 23.8 Å². The molecule has 126 valence electrons. The van der Waals surface area contributed by atoms with Gasteiger partial charge in [-0.1, -0.05) is 17.7 Å². The molecule has 0 saturated carbocycles. The Balaban J connectivity index is 1.76. The van der Waals surface area contributed by atoms with Gasteiger partial charge in [-0.2, -0.15) is 0 Å². The molecule has 2 aromatic rings. The lowest BCUT2D eigenvalue weighted by Gasteiger charge is -2.36. The Morgan fingerprint density at radius 3 is 2.75 bits per heavy atom. The van der Waals surface area contributed by atoms with Gasteiger partial charge in [-0.25, -0.2) is 0 Å². The first-order valence-corrected chi connectivity index (χ1v) is 8.59. The average molecular weight is 323 g/mol. The van der Waals surface area contributed by atoms with E-state index in [2.05, 4.69) is 17.1 Å².